The number of halogens is 1. The van der Waals surface area contributed by atoms with E-state index >= 15 is 0 Å². The van der Waals surface area contributed by atoms with E-state index in [-0.39, 0.29) is 34.2 Å². The monoisotopic (exact) mass is 475 g/mol. The van der Waals surface area contributed by atoms with Crippen LogP contribution in [-0.2, 0) is 14.3 Å². The van der Waals surface area contributed by atoms with Gasteiger partial charge in [0.2, 0.25) is 0 Å². The van der Waals surface area contributed by atoms with Crippen LogP contribution in [0, 0.1) is 0 Å². The number of likely N-dealkylation sites (tertiary alicyclic amines) is 1. The number of aromatic hydroxyl groups is 1. The first-order chi connectivity index (χ1) is 15.8. The average molecular weight is 476 g/mol. The fourth-order valence-electron chi connectivity index (χ4n) is 3.80. The number of aliphatic hydroxyl groups is 1. The zero-order chi connectivity index (χ0) is 24.1. The van der Waals surface area contributed by atoms with Crippen molar-refractivity contribution >= 4 is 29.1 Å². The third-order valence-corrected chi connectivity index (χ3v) is 5.64. The van der Waals surface area contributed by atoms with Crippen molar-refractivity contribution in [1.82, 2.24) is 4.90 Å². The van der Waals surface area contributed by atoms with E-state index in [1.54, 1.807) is 25.3 Å². The number of amides is 1. The van der Waals surface area contributed by atoms with Crippen molar-refractivity contribution in [1.29, 1.82) is 0 Å². The molecule has 1 atom stereocenters. The van der Waals surface area contributed by atoms with Crippen molar-refractivity contribution in [3.05, 3.63) is 58.1 Å². The number of rotatable bonds is 9. The number of phenols is 1. The Morgan fingerprint density at radius 1 is 1.15 bits per heavy atom. The van der Waals surface area contributed by atoms with Gasteiger partial charge in [-0.15, -0.1) is 0 Å². The zero-order valence-electron chi connectivity index (χ0n) is 18.6. The number of Topliss-reactive ketones (excluding diaryl/α,β-unsaturated/α-hetero) is 1. The van der Waals surface area contributed by atoms with Crippen LogP contribution in [0.2, 0.25) is 5.02 Å². The van der Waals surface area contributed by atoms with E-state index in [2.05, 4.69) is 0 Å². The van der Waals surface area contributed by atoms with Crippen molar-refractivity contribution in [2.45, 2.75) is 19.4 Å². The number of phenolic OH excluding ortho intramolecular Hbond substituents is 1. The largest absolute Gasteiger partial charge is 0.507 e. The summed E-state index contributed by atoms with van der Waals surface area (Å²) >= 11 is 6.32. The molecule has 1 fully saturated rings. The van der Waals surface area contributed by atoms with E-state index in [4.69, 9.17) is 25.8 Å². The normalized spacial score (nSPS) is 17.5. The minimum absolute atomic E-state index is 0.127. The molecule has 0 aromatic heterocycles. The van der Waals surface area contributed by atoms with Crippen molar-refractivity contribution in [2.75, 3.05) is 34.0 Å². The van der Waals surface area contributed by atoms with Gasteiger partial charge in [0.05, 0.1) is 30.4 Å². The Labute approximate surface area is 196 Å². The van der Waals surface area contributed by atoms with Gasteiger partial charge in [0.1, 0.15) is 11.5 Å². The number of carbonyl (C=O) groups excluding carboxylic acids is 2. The number of ether oxygens (including phenoxy) is 3. The molecular formula is C24H26ClNO7. The Kier molecular flexibility index (Phi) is 7.84. The molecule has 1 unspecified atom stereocenters. The molecule has 2 N–H and O–H groups in total. The second kappa shape index (κ2) is 10.6. The quantitative estimate of drug-likeness (QED) is 0.245. The van der Waals surface area contributed by atoms with Gasteiger partial charge in [0.15, 0.2) is 11.5 Å². The van der Waals surface area contributed by atoms with Crippen molar-refractivity contribution in [3.8, 4) is 17.2 Å². The number of aliphatic hydroxyl groups excluding tert-OH is 1. The summed E-state index contributed by atoms with van der Waals surface area (Å²) < 4.78 is 15.7. The molecule has 1 aliphatic heterocycles. The van der Waals surface area contributed by atoms with Gasteiger partial charge in [0.25, 0.3) is 11.7 Å². The Bertz CT molecular complexity index is 1080. The molecule has 0 bridgehead atoms. The highest BCUT2D eigenvalue weighted by atomic mass is 35.5. The van der Waals surface area contributed by atoms with Gasteiger partial charge >= 0.3 is 0 Å². The van der Waals surface area contributed by atoms with Crippen LogP contribution in [0.1, 0.15) is 30.5 Å². The summed E-state index contributed by atoms with van der Waals surface area (Å²) in [5.74, 6) is -1.49. The Hall–Kier alpha value is -3.23. The van der Waals surface area contributed by atoms with Gasteiger partial charge < -0.3 is 29.3 Å². The SMILES string of the molecule is CCOc1ccc(Cl)c(/C(O)=C2\C(=O)C(=O)N(CCCOC)C2c2ccc(OC)c(O)c2)c1. The van der Waals surface area contributed by atoms with Crippen LogP contribution >= 0.6 is 11.6 Å². The van der Waals surface area contributed by atoms with Crippen LogP contribution in [-0.4, -0.2) is 60.8 Å². The minimum atomic E-state index is -0.939. The molecule has 0 spiro atoms. The maximum Gasteiger partial charge on any atom is 0.295 e. The lowest BCUT2D eigenvalue weighted by molar-refractivity contribution is -0.140. The number of benzene rings is 2. The standard InChI is InChI=1S/C24H26ClNO7/c1-4-33-15-7-8-17(25)16(13-15)22(28)20-21(14-6-9-19(32-3)18(27)12-14)26(10-5-11-31-2)24(30)23(20)29/h6-9,12-13,21,27-28H,4-5,10-11H2,1-3H3/b22-20+. The summed E-state index contributed by atoms with van der Waals surface area (Å²) in [5.41, 5.74) is 0.473. The molecule has 1 heterocycles. The zero-order valence-corrected chi connectivity index (χ0v) is 19.4. The molecule has 1 amide bonds. The predicted molar refractivity (Wildman–Crippen MR) is 123 cm³/mol. The smallest absolute Gasteiger partial charge is 0.295 e. The summed E-state index contributed by atoms with van der Waals surface area (Å²) in [7, 11) is 2.96. The highest BCUT2D eigenvalue weighted by Gasteiger charge is 2.46. The van der Waals surface area contributed by atoms with Gasteiger partial charge in [-0.25, -0.2) is 0 Å². The number of methoxy groups -OCH3 is 2. The number of carbonyl (C=O) groups is 2. The second-order valence-corrected chi connectivity index (χ2v) is 7.75. The van der Waals surface area contributed by atoms with Crippen LogP contribution in [0.4, 0.5) is 0 Å². The fraction of sp³-hybridized carbons (Fsp3) is 0.333. The van der Waals surface area contributed by atoms with Crippen LogP contribution in [0.25, 0.3) is 5.76 Å². The molecule has 8 nitrogen and oxygen atoms in total. The number of hydrogen-bond acceptors (Lipinski definition) is 7. The maximum absolute atomic E-state index is 13.1. The average Bonchev–Trinajstić information content (AvgIpc) is 3.05. The first kappa shape index (κ1) is 24.4. The molecule has 2 aromatic carbocycles. The molecule has 9 heteroatoms. The molecule has 33 heavy (non-hydrogen) atoms. The highest BCUT2D eigenvalue weighted by Crippen LogP contribution is 2.43. The predicted octanol–water partition coefficient (Wildman–Crippen LogP) is 3.91. The van der Waals surface area contributed by atoms with E-state index in [0.29, 0.717) is 30.9 Å². The summed E-state index contributed by atoms with van der Waals surface area (Å²) in [4.78, 5) is 27.4. The number of nitrogens with zero attached hydrogens (tertiary/aromatic N) is 1. The molecule has 2 aromatic rings. The van der Waals surface area contributed by atoms with Crippen molar-refractivity contribution in [2.24, 2.45) is 0 Å². The van der Waals surface area contributed by atoms with Crippen molar-refractivity contribution in [3.63, 3.8) is 0 Å². The molecule has 176 valence electrons. The topological polar surface area (TPSA) is 106 Å². The lowest BCUT2D eigenvalue weighted by Gasteiger charge is -2.25. The third-order valence-electron chi connectivity index (χ3n) is 5.31. The number of ketones is 1. The first-order valence-electron chi connectivity index (χ1n) is 10.4. The van der Waals surface area contributed by atoms with Crippen LogP contribution in [0.15, 0.2) is 42.0 Å². The summed E-state index contributed by atoms with van der Waals surface area (Å²) in [6.07, 6.45) is 0.475. The lowest BCUT2D eigenvalue weighted by Crippen LogP contribution is -2.31. The minimum Gasteiger partial charge on any atom is -0.507 e. The van der Waals surface area contributed by atoms with Gasteiger partial charge in [-0.3, -0.25) is 9.59 Å². The molecule has 1 saturated heterocycles. The molecule has 0 aliphatic carbocycles. The third kappa shape index (κ3) is 4.91. The molecule has 3 rings (SSSR count). The highest BCUT2D eigenvalue weighted by molar-refractivity contribution is 6.47. The van der Waals surface area contributed by atoms with Crippen LogP contribution in [0.3, 0.4) is 0 Å². The maximum atomic E-state index is 13.1. The Morgan fingerprint density at radius 2 is 1.91 bits per heavy atom. The van der Waals surface area contributed by atoms with E-state index in [1.165, 1.54) is 30.2 Å². The van der Waals surface area contributed by atoms with E-state index < -0.39 is 23.5 Å². The van der Waals surface area contributed by atoms with Crippen LogP contribution < -0.4 is 9.47 Å². The molecular weight excluding hydrogens is 450 g/mol. The second-order valence-electron chi connectivity index (χ2n) is 7.34. The van der Waals surface area contributed by atoms with E-state index in [9.17, 15) is 19.8 Å². The van der Waals surface area contributed by atoms with E-state index in [1.807, 2.05) is 6.92 Å². The fourth-order valence-corrected chi connectivity index (χ4v) is 4.01. The van der Waals surface area contributed by atoms with Crippen molar-refractivity contribution < 1.29 is 34.0 Å². The van der Waals surface area contributed by atoms with Gasteiger partial charge in [-0.2, -0.15) is 0 Å². The summed E-state index contributed by atoms with van der Waals surface area (Å²) in [6, 6.07) is 8.33. The van der Waals surface area contributed by atoms with E-state index in [0.717, 1.165) is 0 Å². The van der Waals surface area contributed by atoms with Gasteiger partial charge in [0, 0.05) is 25.8 Å². The van der Waals surface area contributed by atoms with Gasteiger partial charge in [-0.1, -0.05) is 17.7 Å². The Balaban J connectivity index is 2.18. The molecule has 1 aliphatic rings. The Morgan fingerprint density at radius 3 is 2.55 bits per heavy atom. The van der Waals surface area contributed by atoms with Crippen LogP contribution in [0.5, 0.6) is 17.2 Å². The summed E-state index contributed by atoms with van der Waals surface area (Å²) in [6.45, 7) is 2.80. The summed E-state index contributed by atoms with van der Waals surface area (Å²) in [5, 5.41) is 21.7. The molecule has 0 radical (unpaired) electrons. The molecule has 0 saturated carbocycles. The van der Waals surface area contributed by atoms with Gasteiger partial charge in [-0.05, 0) is 49.2 Å². The first-order valence-corrected chi connectivity index (χ1v) is 10.8. The lowest BCUT2D eigenvalue weighted by atomic mass is 9.94. The number of hydrogen-bond donors (Lipinski definition) is 2.